The Balaban J connectivity index is 3.24. The molecule has 1 aromatic rings. The van der Waals surface area contributed by atoms with E-state index in [1.807, 2.05) is 4.72 Å². The van der Waals surface area contributed by atoms with Crippen LogP contribution < -0.4 is 10.5 Å². The lowest BCUT2D eigenvalue weighted by Crippen LogP contribution is -2.42. The average molecular weight is 311 g/mol. The van der Waals surface area contributed by atoms with Crippen molar-refractivity contribution in [2.75, 3.05) is 0 Å². The molecule has 20 heavy (non-hydrogen) atoms. The second-order valence-corrected chi connectivity index (χ2v) is 5.54. The molecule has 0 aromatic heterocycles. The largest absolute Gasteiger partial charge is 0.417 e. The molecule has 0 aliphatic carbocycles. The normalized spacial score (nSPS) is 15.1. The van der Waals surface area contributed by atoms with E-state index in [-0.39, 0.29) is 0 Å². The van der Waals surface area contributed by atoms with Crippen LogP contribution in [0.2, 0.25) is 0 Å². The maximum Gasteiger partial charge on any atom is 0.417 e. The summed E-state index contributed by atoms with van der Waals surface area (Å²) in [5.41, 5.74) is 3.88. The Morgan fingerprint density at radius 3 is 2.45 bits per heavy atom. The van der Waals surface area contributed by atoms with Gasteiger partial charge in [0, 0.05) is 0 Å². The summed E-state index contributed by atoms with van der Waals surface area (Å²) in [4.78, 5) is -0.926. The van der Waals surface area contributed by atoms with Crippen LogP contribution in [-0.4, -0.2) is 25.5 Å². The molecule has 4 N–H and O–H groups in total. The first-order chi connectivity index (χ1) is 9.09. The van der Waals surface area contributed by atoms with E-state index < -0.39 is 38.5 Å². The SMILES string of the molecule is CC(NS(=O)(=O)c1ccccc1C(F)(F)F)/C(N)=N/O. The van der Waals surface area contributed by atoms with E-state index in [9.17, 15) is 21.6 Å². The lowest BCUT2D eigenvalue weighted by atomic mass is 10.2. The highest BCUT2D eigenvalue weighted by molar-refractivity contribution is 7.89. The van der Waals surface area contributed by atoms with Gasteiger partial charge in [-0.25, -0.2) is 13.1 Å². The molecule has 1 rings (SSSR count). The Bertz CT molecular complexity index is 614. The molecule has 6 nitrogen and oxygen atoms in total. The maximum atomic E-state index is 12.8. The zero-order chi connectivity index (χ0) is 15.6. The smallest absolute Gasteiger partial charge is 0.409 e. The number of rotatable bonds is 4. The summed E-state index contributed by atoms with van der Waals surface area (Å²) >= 11 is 0. The van der Waals surface area contributed by atoms with Crippen LogP contribution in [0.25, 0.3) is 0 Å². The van der Waals surface area contributed by atoms with E-state index in [4.69, 9.17) is 10.9 Å². The molecule has 0 radical (unpaired) electrons. The van der Waals surface area contributed by atoms with Gasteiger partial charge in [0.15, 0.2) is 5.84 Å². The Morgan fingerprint density at radius 2 is 1.95 bits per heavy atom. The van der Waals surface area contributed by atoms with Gasteiger partial charge < -0.3 is 10.9 Å². The third-order valence-corrected chi connectivity index (χ3v) is 3.97. The molecular weight excluding hydrogens is 299 g/mol. The second kappa shape index (κ2) is 5.67. The van der Waals surface area contributed by atoms with E-state index >= 15 is 0 Å². The summed E-state index contributed by atoms with van der Waals surface area (Å²) in [6.07, 6.45) is -4.81. The van der Waals surface area contributed by atoms with Gasteiger partial charge in [-0.05, 0) is 19.1 Å². The predicted molar refractivity (Wildman–Crippen MR) is 64.6 cm³/mol. The number of hydrogen-bond donors (Lipinski definition) is 3. The molecule has 0 fully saturated rings. The van der Waals surface area contributed by atoms with E-state index in [1.54, 1.807) is 0 Å². The third-order valence-electron chi connectivity index (χ3n) is 2.37. The van der Waals surface area contributed by atoms with Crippen molar-refractivity contribution in [2.45, 2.75) is 24.0 Å². The average Bonchev–Trinajstić information content (AvgIpc) is 2.36. The van der Waals surface area contributed by atoms with Crippen LogP contribution >= 0.6 is 0 Å². The summed E-state index contributed by atoms with van der Waals surface area (Å²) in [6.45, 7) is 1.23. The predicted octanol–water partition coefficient (Wildman–Crippen LogP) is 1.12. The lowest BCUT2D eigenvalue weighted by molar-refractivity contribution is -0.139. The first-order valence-corrected chi connectivity index (χ1v) is 6.74. The lowest BCUT2D eigenvalue weighted by Gasteiger charge is -2.16. The van der Waals surface area contributed by atoms with Crippen molar-refractivity contribution in [2.24, 2.45) is 10.9 Å². The highest BCUT2D eigenvalue weighted by Crippen LogP contribution is 2.33. The molecule has 1 aromatic carbocycles. The van der Waals surface area contributed by atoms with Gasteiger partial charge >= 0.3 is 6.18 Å². The monoisotopic (exact) mass is 311 g/mol. The highest BCUT2D eigenvalue weighted by atomic mass is 32.2. The van der Waals surface area contributed by atoms with Crippen molar-refractivity contribution in [1.29, 1.82) is 0 Å². The minimum atomic E-state index is -4.81. The van der Waals surface area contributed by atoms with Crippen molar-refractivity contribution >= 4 is 15.9 Å². The van der Waals surface area contributed by atoms with Crippen molar-refractivity contribution in [3.63, 3.8) is 0 Å². The van der Waals surface area contributed by atoms with Gasteiger partial charge in [0.1, 0.15) is 0 Å². The number of sulfonamides is 1. The van der Waals surface area contributed by atoms with Gasteiger partial charge in [-0.15, -0.1) is 0 Å². The highest BCUT2D eigenvalue weighted by Gasteiger charge is 2.37. The first-order valence-electron chi connectivity index (χ1n) is 5.25. The van der Waals surface area contributed by atoms with Gasteiger partial charge in [0.05, 0.1) is 16.5 Å². The van der Waals surface area contributed by atoms with Crippen LogP contribution in [0, 0.1) is 0 Å². The number of nitrogens with two attached hydrogens (primary N) is 1. The molecule has 0 bridgehead atoms. The van der Waals surface area contributed by atoms with Gasteiger partial charge in [0.2, 0.25) is 10.0 Å². The van der Waals surface area contributed by atoms with E-state index in [0.29, 0.717) is 6.07 Å². The third kappa shape index (κ3) is 3.61. The van der Waals surface area contributed by atoms with Crippen molar-refractivity contribution in [3.05, 3.63) is 29.8 Å². The number of hydrogen-bond acceptors (Lipinski definition) is 4. The number of nitrogens with one attached hydrogen (secondary N) is 1. The molecule has 112 valence electrons. The zero-order valence-corrected chi connectivity index (χ0v) is 11.0. The molecule has 0 heterocycles. The number of amidine groups is 1. The zero-order valence-electron chi connectivity index (χ0n) is 10.2. The van der Waals surface area contributed by atoms with E-state index in [2.05, 4.69) is 5.16 Å². The minimum Gasteiger partial charge on any atom is -0.409 e. The topological polar surface area (TPSA) is 105 Å². The van der Waals surface area contributed by atoms with Crippen LogP contribution in [0.15, 0.2) is 34.3 Å². The van der Waals surface area contributed by atoms with Crippen LogP contribution in [0.1, 0.15) is 12.5 Å². The molecule has 0 saturated carbocycles. The summed E-state index contributed by atoms with van der Waals surface area (Å²) < 4.78 is 64.0. The molecule has 0 spiro atoms. The summed E-state index contributed by atoms with van der Waals surface area (Å²) in [6, 6.07) is 2.56. The molecule has 1 atom stereocenters. The van der Waals surface area contributed by atoms with Gasteiger partial charge in [-0.1, -0.05) is 17.3 Å². The molecule has 0 saturated heterocycles. The van der Waals surface area contributed by atoms with Crippen molar-refractivity contribution < 1.29 is 26.8 Å². The van der Waals surface area contributed by atoms with Gasteiger partial charge in [-0.2, -0.15) is 13.2 Å². The molecular formula is C10H12F3N3O3S. The summed E-state index contributed by atoms with van der Waals surface area (Å²) in [7, 11) is -4.47. The fourth-order valence-electron chi connectivity index (χ4n) is 1.38. The maximum absolute atomic E-state index is 12.8. The number of nitrogens with zero attached hydrogens (tertiary/aromatic N) is 1. The van der Waals surface area contributed by atoms with Crippen LogP contribution in [0.3, 0.4) is 0 Å². The molecule has 0 aliphatic heterocycles. The van der Waals surface area contributed by atoms with Crippen LogP contribution in [0.4, 0.5) is 13.2 Å². The number of alkyl halides is 3. The quantitative estimate of drug-likeness (QED) is 0.335. The van der Waals surface area contributed by atoms with Crippen LogP contribution in [-0.2, 0) is 16.2 Å². The fraction of sp³-hybridized carbons (Fsp3) is 0.300. The summed E-state index contributed by atoms with van der Waals surface area (Å²) in [5, 5.41) is 11.0. The molecule has 10 heteroatoms. The van der Waals surface area contributed by atoms with Gasteiger partial charge in [-0.3, -0.25) is 0 Å². The fourth-order valence-corrected chi connectivity index (χ4v) is 2.82. The van der Waals surface area contributed by atoms with Crippen molar-refractivity contribution in [3.8, 4) is 0 Å². The Labute approximate surface area is 113 Å². The standard InChI is InChI=1S/C10H12F3N3O3S/c1-6(9(14)15-17)16-20(18,19)8-5-3-2-4-7(8)10(11,12)13/h2-6,16-17H,1H3,(H2,14,15). The Hall–Kier alpha value is -1.81. The molecule has 1 unspecified atom stereocenters. The molecule has 0 amide bonds. The number of halogens is 3. The Kier molecular flexibility index (Phi) is 4.61. The van der Waals surface area contributed by atoms with Gasteiger partial charge in [0.25, 0.3) is 0 Å². The minimum absolute atomic E-state index is 0.474. The molecule has 0 aliphatic rings. The first kappa shape index (κ1) is 16.2. The summed E-state index contributed by atoms with van der Waals surface area (Å²) in [5.74, 6) is -0.474. The number of oxime groups is 1. The van der Waals surface area contributed by atoms with Crippen LogP contribution in [0.5, 0.6) is 0 Å². The Morgan fingerprint density at radius 1 is 1.40 bits per heavy atom. The van der Waals surface area contributed by atoms with Crippen molar-refractivity contribution in [1.82, 2.24) is 4.72 Å². The second-order valence-electron chi connectivity index (χ2n) is 3.86. The van der Waals surface area contributed by atoms with E-state index in [0.717, 1.165) is 18.2 Å². The van der Waals surface area contributed by atoms with E-state index in [1.165, 1.54) is 6.92 Å². The number of benzene rings is 1.